The van der Waals surface area contributed by atoms with Crippen molar-refractivity contribution in [2.75, 3.05) is 19.8 Å². The van der Waals surface area contributed by atoms with Gasteiger partial charge in [0.25, 0.3) is 0 Å². The lowest BCUT2D eigenvalue weighted by molar-refractivity contribution is 0.0654. The Balaban J connectivity index is 2.02. The summed E-state index contributed by atoms with van der Waals surface area (Å²) in [4.78, 5) is 0. The van der Waals surface area contributed by atoms with E-state index >= 15 is 0 Å². The van der Waals surface area contributed by atoms with Crippen LogP contribution in [0.2, 0.25) is 0 Å². The Morgan fingerprint density at radius 3 is 3.00 bits per heavy atom. The Morgan fingerprint density at radius 1 is 1.47 bits per heavy atom. The van der Waals surface area contributed by atoms with Gasteiger partial charge in [0, 0.05) is 25.1 Å². The van der Waals surface area contributed by atoms with Crippen LogP contribution < -0.4 is 5.73 Å². The molecule has 1 aromatic heterocycles. The minimum Gasteiger partial charge on any atom is -0.381 e. The molecule has 1 saturated heterocycles. The third kappa shape index (κ3) is 2.58. The number of nitrogens with two attached hydrogens (primary N) is 1. The molecule has 0 bridgehead atoms. The molecule has 4 heteroatoms. The van der Waals surface area contributed by atoms with Crippen LogP contribution in [0.3, 0.4) is 0 Å². The Labute approximate surface area is 90.4 Å². The van der Waals surface area contributed by atoms with Gasteiger partial charge in [0.15, 0.2) is 0 Å². The highest BCUT2D eigenvalue weighted by molar-refractivity contribution is 5.02. The van der Waals surface area contributed by atoms with Gasteiger partial charge in [-0.1, -0.05) is 0 Å². The van der Waals surface area contributed by atoms with Crippen LogP contribution in [0, 0.1) is 0 Å². The molecule has 15 heavy (non-hydrogen) atoms. The summed E-state index contributed by atoms with van der Waals surface area (Å²) in [6, 6.07) is 2.63. The zero-order valence-electron chi connectivity index (χ0n) is 9.06. The molecule has 0 aromatic carbocycles. The van der Waals surface area contributed by atoms with Gasteiger partial charge in [0.2, 0.25) is 0 Å². The van der Waals surface area contributed by atoms with Gasteiger partial charge in [-0.15, -0.1) is 0 Å². The Bertz CT molecular complexity index is 292. The number of hydrogen-bond donors (Lipinski definition) is 1. The molecule has 1 aromatic rings. The zero-order valence-corrected chi connectivity index (χ0v) is 9.06. The van der Waals surface area contributed by atoms with E-state index in [0.29, 0.717) is 6.04 Å². The predicted molar refractivity (Wildman–Crippen MR) is 58.7 cm³/mol. The summed E-state index contributed by atoms with van der Waals surface area (Å²) in [7, 11) is 0. The van der Waals surface area contributed by atoms with E-state index in [4.69, 9.17) is 10.5 Å². The van der Waals surface area contributed by atoms with Gasteiger partial charge in [0.1, 0.15) is 0 Å². The molecule has 2 rings (SSSR count). The van der Waals surface area contributed by atoms with Crippen LogP contribution >= 0.6 is 0 Å². The minimum atomic E-state index is 0.529. The Kier molecular flexibility index (Phi) is 3.75. The quantitative estimate of drug-likeness (QED) is 0.808. The number of rotatable bonds is 4. The molecule has 0 amide bonds. The first-order valence-corrected chi connectivity index (χ1v) is 5.72. The van der Waals surface area contributed by atoms with E-state index in [1.54, 1.807) is 0 Å². The summed E-state index contributed by atoms with van der Waals surface area (Å²) >= 11 is 0. The predicted octanol–water partition coefficient (Wildman–Crippen LogP) is 1.13. The number of ether oxygens (including phenoxy) is 1. The van der Waals surface area contributed by atoms with Crippen LogP contribution in [0.15, 0.2) is 12.3 Å². The minimum absolute atomic E-state index is 0.529. The number of hydrogen-bond acceptors (Lipinski definition) is 3. The summed E-state index contributed by atoms with van der Waals surface area (Å²) in [5, 5.41) is 4.41. The van der Waals surface area contributed by atoms with E-state index in [-0.39, 0.29) is 0 Å². The Morgan fingerprint density at radius 2 is 2.27 bits per heavy atom. The van der Waals surface area contributed by atoms with Crippen molar-refractivity contribution < 1.29 is 4.74 Å². The maximum atomic E-state index is 5.52. The molecule has 2 heterocycles. The lowest BCUT2D eigenvalue weighted by Gasteiger charge is -2.24. The highest BCUT2D eigenvalue weighted by Crippen LogP contribution is 2.21. The van der Waals surface area contributed by atoms with Crippen LogP contribution in [-0.4, -0.2) is 29.5 Å². The van der Waals surface area contributed by atoms with Gasteiger partial charge < -0.3 is 10.5 Å². The fourth-order valence-electron chi connectivity index (χ4n) is 2.08. The molecule has 0 unspecified atom stereocenters. The third-order valence-electron chi connectivity index (χ3n) is 2.93. The zero-order chi connectivity index (χ0) is 10.5. The van der Waals surface area contributed by atoms with Gasteiger partial charge in [-0.05, 0) is 38.3 Å². The second-order valence-corrected chi connectivity index (χ2v) is 4.00. The van der Waals surface area contributed by atoms with E-state index in [1.807, 2.05) is 6.20 Å². The SMILES string of the molecule is NCCCc1ccnn1C1CCOCC1. The summed E-state index contributed by atoms with van der Waals surface area (Å²) in [5.74, 6) is 0. The van der Waals surface area contributed by atoms with Crippen molar-refractivity contribution in [1.82, 2.24) is 9.78 Å². The first-order valence-electron chi connectivity index (χ1n) is 5.72. The number of nitrogens with zero attached hydrogens (tertiary/aromatic N) is 2. The van der Waals surface area contributed by atoms with Crippen LogP contribution in [0.4, 0.5) is 0 Å². The van der Waals surface area contributed by atoms with Crippen LogP contribution in [0.1, 0.15) is 31.0 Å². The molecular formula is C11H19N3O. The molecular weight excluding hydrogens is 190 g/mol. The average Bonchev–Trinajstić information content (AvgIpc) is 2.75. The lowest BCUT2D eigenvalue weighted by atomic mass is 10.1. The van der Waals surface area contributed by atoms with Crippen LogP contribution in [0.25, 0.3) is 0 Å². The van der Waals surface area contributed by atoms with Crippen molar-refractivity contribution in [1.29, 1.82) is 0 Å². The van der Waals surface area contributed by atoms with Crippen LogP contribution in [-0.2, 0) is 11.2 Å². The van der Waals surface area contributed by atoms with Gasteiger partial charge in [-0.3, -0.25) is 4.68 Å². The lowest BCUT2D eigenvalue weighted by Crippen LogP contribution is -2.22. The smallest absolute Gasteiger partial charge is 0.0566 e. The maximum Gasteiger partial charge on any atom is 0.0566 e. The Hall–Kier alpha value is -0.870. The standard InChI is InChI=1S/C11H19N3O/c12-6-1-2-10-3-7-13-14(10)11-4-8-15-9-5-11/h3,7,11H,1-2,4-6,8-9,12H2. The van der Waals surface area contributed by atoms with E-state index in [0.717, 1.165) is 45.4 Å². The number of aromatic nitrogens is 2. The van der Waals surface area contributed by atoms with Gasteiger partial charge in [-0.2, -0.15) is 5.10 Å². The molecule has 0 aliphatic carbocycles. The fourth-order valence-corrected chi connectivity index (χ4v) is 2.08. The van der Waals surface area contributed by atoms with Gasteiger partial charge in [-0.25, -0.2) is 0 Å². The van der Waals surface area contributed by atoms with Crippen molar-refractivity contribution in [2.45, 2.75) is 31.7 Å². The van der Waals surface area contributed by atoms with E-state index in [2.05, 4.69) is 15.8 Å². The molecule has 0 saturated carbocycles. The van der Waals surface area contributed by atoms with Gasteiger partial charge >= 0.3 is 0 Å². The highest BCUT2D eigenvalue weighted by Gasteiger charge is 2.17. The van der Waals surface area contributed by atoms with Crippen LogP contribution in [0.5, 0.6) is 0 Å². The topological polar surface area (TPSA) is 53.1 Å². The van der Waals surface area contributed by atoms with Crippen molar-refractivity contribution in [2.24, 2.45) is 5.73 Å². The van der Waals surface area contributed by atoms with Crippen molar-refractivity contribution in [3.63, 3.8) is 0 Å². The van der Waals surface area contributed by atoms with Crippen molar-refractivity contribution in [3.8, 4) is 0 Å². The second-order valence-electron chi connectivity index (χ2n) is 4.00. The van der Waals surface area contributed by atoms with Crippen molar-refractivity contribution in [3.05, 3.63) is 18.0 Å². The molecule has 4 nitrogen and oxygen atoms in total. The first-order chi connectivity index (χ1) is 7.42. The van der Waals surface area contributed by atoms with E-state index in [9.17, 15) is 0 Å². The molecule has 84 valence electrons. The summed E-state index contributed by atoms with van der Waals surface area (Å²) in [5.41, 5.74) is 6.84. The summed E-state index contributed by atoms with van der Waals surface area (Å²) in [6.07, 6.45) is 6.12. The fraction of sp³-hybridized carbons (Fsp3) is 0.727. The molecule has 2 N–H and O–H groups in total. The molecule has 1 fully saturated rings. The molecule has 1 aliphatic heterocycles. The molecule has 0 radical (unpaired) electrons. The largest absolute Gasteiger partial charge is 0.381 e. The molecule has 0 spiro atoms. The van der Waals surface area contributed by atoms with E-state index in [1.165, 1.54) is 5.69 Å². The maximum absolute atomic E-state index is 5.52. The second kappa shape index (κ2) is 5.28. The van der Waals surface area contributed by atoms with Crippen molar-refractivity contribution >= 4 is 0 Å². The molecule has 0 atom stereocenters. The monoisotopic (exact) mass is 209 g/mol. The normalized spacial score (nSPS) is 18.2. The third-order valence-corrected chi connectivity index (χ3v) is 2.93. The summed E-state index contributed by atoms with van der Waals surface area (Å²) < 4.78 is 7.52. The summed E-state index contributed by atoms with van der Waals surface area (Å²) in [6.45, 7) is 2.47. The molecule has 1 aliphatic rings. The highest BCUT2D eigenvalue weighted by atomic mass is 16.5. The first kappa shape index (κ1) is 10.6. The van der Waals surface area contributed by atoms with Gasteiger partial charge in [0.05, 0.1) is 6.04 Å². The number of aryl methyl sites for hydroxylation is 1. The average molecular weight is 209 g/mol. The van der Waals surface area contributed by atoms with E-state index < -0.39 is 0 Å².